The molecule has 0 aromatic carbocycles. The largest absolute Gasteiger partial charge is 0.370 e. The molecule has 2 unspecified atom stereocenters. The Kier molecular flexibility index (Phi) is 28.8. The molecule has 0 aromatic rings. The molecule has 9 nitrogen and oxygen atoms in total. The monoisotopic (exact) mass is 624 g/mol. The summed E-state index contributed by atoms with van der Waals surface area (Å²) in [5, 5.41) is 9.91. The van der Waals surface area contributed by atoms with Gasteiger partial charge in [-0.1, -0.05) is 142 Å². The molecular formula is C35H73N7O2. The number of guanidine groups is 1. The summed E-state index contributed by atoms with van der Waals surface area (Å²) in [6.45, 7) is 6.27. The standard InChI is InChI=1S/C35H73N7O2/c1-3-5-7-9-11-13-15-16-18-20-22-24-29-42(28-23-21-19-17-14-12-10-8-6-4-2)34(44)32(38)31(37)33(43)30(36)26-25-27-41-35(39)40/h30-32H,3-29,36-38H2,1-2H3,(H4,39,40,41)/t30-,31?,32?/m0/s1. The minimum Gasteiger partial charge on any atom is -0.370 e. The van der Waals surface area contributed by atoms with E-state index in [0.717, 1.165) is 25.7 Å². The predicted octanol–water partition coefficient (Wildman–Crippen LogP) is 6.25. The number of hydrogen-bond acceptors (Lipinski definition) is 6. The Bertz CT molecular complexity index is 707. The van der Waals surface area contributed by atoms with Gasteiger partial charge in [-0.3, -0.25) is 15.0 Å². The Labute approximate surface area is 271 Å². The number of nitrogens with one attached hydrogen (secondary N) is 2. The maximum Gasteiger partial charge on any atom is 0.241 e. The molecule has 0 aromatic heterocycles. The van der Waals surface area contributed by atoms with Crippen LogP contribution in [0.5, 0.6) is 0 Å². The second-order valence-electron chi connectivity index (χ2n) is 12.9. The van der Waals surface area contributed by atoms with Crippen LogP contribution in [0, 0.1) is 5.41 Å². The maximum atomic E-state index is 13.5. The van der Waals surface area contributed by atoms with Crippen LogP contribution < -0.4 is 28.3 Å². The van der Waals surface area contributed by atoms with Crippen LogP contribution >= 0.6 is 0 Å². The lowest BCUT2D eigenvalue weighted by Crippen LogP contribution is -2.59. The van der Waals surface area contributed by atoms with Gasteiger partial charge in [0, 0.05) is 19.6 Å². The molecule has 0 fully saturated rings. The first-order chi connectivity index (χ1) is 21.3. The van der Waals surface area contributed by atoms with Crippen LogP contribution in [0.1, 0.15) is 168 Å². The minimum absolute atomic E-state index is 0.120. The molecule has 10 N–H and O–H groups in total. The van der Waals surface area contributed by atoms with E-state index >= 15 is 0 Å². The van der Waals surface area contributed by atoms with Crippen molar-refractivity contribution in [3.63, 3.8) is 0 Å². The highest BCUT2D eigenvalue weighted by Gasteiger charge is 2.32. The molecule has 0 aliphatic rings. The second kappa shape index (κ2) is 30.0. The molecule has 3 atom stereocenters. The highest BCUT2D eigenvalue weighted by molar-refractivity contribution is 5.95. The average molecular weight is 624 g/mol. The summed E-state index contributed by atoms with van der Waals surface area (Å²) in [6, 6.07) is -3.02. The lowest BCUT2D eigenvalue weighted by molar-refractivity contribution is -0.136. The van der Waals surface area contributed by atoms with E-state index < -0.39 is 23.9 Å². The van der Waals surface area contributed by atoms with E-state index in [0.29, 0.717) is 32.5 Å². The highest BCUT2D eigenvalue weighted by Crippen LogP contribution is 2.14. The zero-order chi connectivity index (χ0) is 32.8. The summed E-state index contributed by atoms with van der Waals surface area (Å²) in [5.41, 5.74) is 23.9. The third kappa shape index (κ3) is 23.6. The van der Waals surface area contributed by atoms with Crippen molar-refractivity contribution in [3.05, 3.63) is 0 Å². The Morgan fingerprint density at radius 2 is 0.955 bits per heavy atom. The van der Waals surface area contributed by atoms with Gasteiger partial charge >= 0.3 is 0 Å². The maximum absolute atomic E-state index is 13.5. The van der Waals surface area contributed by atoms with Gasteiger partial charge in [0.15, 0.2) is 11.7 Å². The van der Waals surface area contributed by atoms with Crippen LogP contribution in [0.3, 0.4) is 0 Å². The fourth-order valence-corrected chi connectivity index (χ4v) is 5.74. The summed E-state index contributed by atoms with van der Waals surface area (Å²) in [4.78, 5) is 28.2. The Morgan fingerprint density at radius 1 is 0.591 bits per heavy atom. The summed E-state index contributed by atoms with van der Waals surface area (Å²) in [7, 11) is 0. The smallest absolute Gasteiger partial charge is 0.241 e. The lowest BCUT2D eigenvalue weighted by atomic mass is 9.96. The Morgan fingerprint density at radius 3 is 1.32 bits per heavy atom. The molecule has 260 valence electrons. The molecule has 0 saturated heterocycles. The summed E-state index contributed by atoms with van der Waals surface area (Å²) in [5.74, 6) is -0.752. The Hall–Kier alpha value is -1.71. The molecule has 9 heteroatoms. The van der Waals surface area contributed by atoms with Crippen molar-refractivity contribution in [3.8, 4) is 0 Å². The summed E-state index contributed by atoms with van der Waals surface area (Å²) in [6.07, 6.45) is 28.5. The molecule has 0 spiro atoms. The van der Waals surface area contributed by atoms with Gasteiger partial charge in [0.1, 0.15) is 6.04 Å². The van der Waals surface area contributed by atoms with Crippen LogP contribution in [0.2, 0.25) is 0 Å². The van der Waals surface area contributed by atoms with Crippen molar-refractivity contribution in [2.24, 2.45) is 22.9 Å². The predicted molar refractivity (Wildman–Crippen MR) is 188 cm³/mol. The molecule has 0 rings (SSSR count). The topological polar surface area (TPSA) is 177 Å². The number of ketones is 1. The van der Waals surface area contributed by atoms with E-state index in [9.17, 15) is 9.59 Å². The minimum atomic E-state index is -1.13. The van der Waals surface area contributed by atoms with Crippen molar-refractivity contribution < 1.29 is 9.59 Å². The van der Waals surface area contributed by atoms with Crippen LogP contribution in [-0.2, 0) is 9.59 Å². The van der Waals surface area contributed by atoms with Gasteiger partial charge < -0.3 is 33.2 Å². The normalized spacial score (nSPS) is 13.4. The van der Waals surface area contributed by atoms with Crippen LogP contribution in [0.25, 0.3) is 0 Å². The molecule has 0 saturated carbocycles. The van der Waals surface area contributed by atoms with Gasteiger partial charge in [-0.15, -0.1) is 0 Å². The number of carbonyl (C=O) groups excluding carboxylic acids is 2. The molecule has 0 bridgehead atoms. The fraction of sp³-hybridized carbons (Fsp3) is 0.914. The number of hydrogen-bond donors (Lipinski definition) is 6. The van der Waals surface area contributed by atoms with Crippen LogP contribution in [0.15, 0.2) is 0 Å². The highest BCUT2D eigenvalue weighted by atomic mass is 16.2. The molecule has 0 radical (unpaired) electrons. The van der Waals surface area contributed by atoms with Crippen LogP contribution in [-0.4, -0.2) is 60.3 Å². The van der Waals surface area contributed by atoms with E-state index in [1.807, 2.05) is 4.90 Å². The van der Waals surface area contributed by atoms with E-state index in [1.54, 1.807) is 0 Å². The first-order valence-corrected chi connectivity index (χ1v) is 18.4. The van der Waals surface area contributed by atoms with Gasteiger partial charge in [-0.2, -0.15) is 0 Å². The summed E-state index contributed by atoms with van der Waals surface area (Å²) < 4.78 is 0. The third-order valence-electron chi connectivity index (χ3n) is 8.75. The summed E-state index contributed by atoms with van der Waals surface area (Å²) >= 11 is 0. The lowest BCUT2D eigenvalue weighted by Gasteiger charge is -2.29. The van der Waals surface area contributed by atoms with Crippen molar-refractivity contribution in [2.45, 2.75) is 186 Å². The first-order valence-electron chi connectivity index (χ1n) is 18.4. The Balaban J connectivity index is 4.64. The van der Waals surface area contributed by atoms with E-state index in [4.69, 9.17) is 28.3 Å². The van der Waals surface area contributed by atoms with Crippen molar-refractivity contribution in [2.75, 3.05) is 19.6 Å². The number of nitrogens with two attached hydrogens (primary N) is 4. The van der Waals surface area contributed by atoms with Gasteiger partial charge in [0.25, 0.3) is 0 Å². The molecule has 0 aliphatic carbocycles. The zero-order valence-corrected chi connectivity index (χ0v) is 28.9. The van der Waals surface area contributed by atoms with Crippen LogP contribution in [0.4, 0.5) is 0 Å². The SMILES string of the molecule is CCCCCCCCCCCCCCN(CCCCCCCCCCCC)C(=O)C(N)C(N)C(=O)[C@@H](N)CCCNC(=N)N. The molecule has 0 aliphatic heterocycles. The number of rotatable bonds is 32. The molecule has 44 heavy (non-hydrogen) atoms. The quantitative estimate of drug-likeness (QED) is 0.0291. The second-order valence-corrected chi connectivity index (χ2v) is 12.9. The zero-order valence-electron chi connectivity index (χ0n) is 28.9. The number of carbonyl (C=O) groups is 2. The molecule has 1 amide bonds. The number of unbranched alkanes of at least 4 members (excludes halogenated alkanes) is 20. The number of nitrogens with zero attached hydrogens (tertiary/aromatic N) is 1. The molecule has 0 heterocycles. The van der Waals surface area contributed by atoms with Crippen molar-refractivity contribution in [1.82, 2.24) is 10.2 Å². The first kappa shape index (κ1) is 42.3. The van der Waals surface area contributed by atoms with E-state index in [-0.39, 0.29) is 11.9 Å². The van der Waals surface area contributed by atoms with Gasteiger partial charge in [-0.25, -0.2) is 0 Å². The van der Waals surface area contributed by atoms with Crippen molar-refractivity contribution in [1.29, 1.82) is 5.41 Å². The van der Waals surface area contributed by atoms with Gasteiger partial charge in [-0.05, 0) is 25.7 Å². The number of Topliss-reactive ketones (excluding diaryl/α,β-unsaturated/α-hetero) is 1. The van der Waals surface area contributed by atoms with E-state index in [1.165, 1.54) is 116 Å². The van der Waals surface area contributed by atoms with Gasteiger partial charge in [0.05, 0.1) is 12.1 Å². The van der Waals surface area contributed by atoms with E-state index in [2.05, 4.69) is 19.2 Å². The fourth-order valence-electron chi connectivity index (χ4n) is 5.74. The molecular weight excluding hydrogens is 550 g/mol. The van der Waals surface area contributed by atoms with Gasteiger partial charge in [0.2, 0.25) is 5.91 Å². The third-order valence-corrected chi connectivity index (χ3v) is 8.75. The average Bonchev–Trinajstić information content (AvgIpc) is 3.01. The van der Waals surface area contributed by atoms with Crippen molar-refractivity contribution >= 4 is 17.6 Å². The number of amides is 1.